The number of nitrogens with zero attached hydrogens (tertiary/aromatic N) is 2. The summed E-state index contributed by atoms with van der Waals surface area (Å²) in [5.41, 5.74) is 2.60. The molecule has 2 unspecified atom stereocenters. The number of para-hydroxylation sites is 1. The predicted octanol–water partition coefficient (Wildman–Crippen LogP) is 2.70. The Morgan fingerprint density at radius 2 is 2.18 bits per heavy atom. The van der Waals surface area contributed by atoms with E-state index in [9.17, 15) is 9.90 Å². The van der Waals surface area contributed by atoms with Gasteiger partial charge in [-0.1, -0.05) is 18.2 Å². The fourth-order valence-electron chi connectivity index (χ4n) is 3.51. The van der Waals surface area contributed by atoms with Crippen molar-refractivity contribution in [2.24, 2.45) is 5.92 Å². The lowest BCUT2D eigenvalue weighted by molar-refractivity contribution is -0.111. The Labute approximate surface area is 130 Å². The molecule has 0 amide bonds. The second-order valence-electron chi connectivity index (χ2n) is 6.32. The standard InChI is InChI=1S/C18H22N2O2/c1-12-18(22)16(15-5-3-4-6-17(15)19-12)8-7-13-9-14(11-21)20(2)10-13/h3-6,11,13-14,22H,7-10H2,1-2H3. The lowest BCUT2D eigenvalue weighted by Gasteiger charge is -2.14. The summed E-state index contributed by atoms with van der Waals surface area (Å²) < 4.78 is 0. The maximum Gasteiger partial charge on any atom is 0.140 e. The molecule has 0 aliphatic carbocycles. The number of likely N-dealkylation sites (tertiary alicyclic amines) is 1. The maximum atomic E-state index is 11.0. The second-order valence-corrected chi connectivity index (χ2v) is 6.32. The van der Waals surface area contributed by atoms with Crippen LogP contribution in [0.2, 0.25) is 0 Å². The molecule has 1 aromatic carbocycles. The highest BCUT2D eigenvalue weighted by Crippen LogP contribution is 2.32. The third-order valence-corrected chi connectivity index (χ3v) is 4.79. The zero-order valence-corrected chi connectivity index (χ0v) is 13.1. The van der Waals surface area contributed by atoms with E-state index in [-0.39, 0.29) is 6.04 Å². The van der Waals surface area contributed by atoms with Gasteiger partial charge in [-0.15, -0.1) is 0 Å². The van der Waals surface area contributed by atoms with Crippen LogP contribution in [-0.4, -0.2) is 40.9 Å². The first-order valence-corrected chi connectivity index (χ1v) is 7.83. The smallest absolute Gasteiger partial charge is 0.140 e. The quantitative estimate of drug-likeness (QED) is 0.882. The van der Waals surface area contributed by atoms with Crippen molar-refractivity contribution in [3.8, 4) is 5.75 Å². The van der Waals surface area contributed by atoms with Crippen LogP contribution in [0.4, 0.5) is 0 Å². The first kappa shape index (κ1) is 15.0. The van der Waals surface area contributed by atoms with Crippen molar-refractivity contribution >= 4 is 17.2 Å². The number of fused-ring (bicyclic) bond motifs is 1. The van der Waals surface area contributed by atoms with Gasteiger partial charge in [0.25, 0.3) is 0 Å². The molecule has 1 aliphatic heterocycles. The van der Waals surface area contributed by atoms with Gasteiger partial charge in [0, 0.05) is 17.5 Å². The van der Waals surface area contributed by atoms with E-state index < -0.39 is 0 Å². The van der Waals surface area contributed by atoms with Crippen molar-refractivity contribution in [2.45, 2.75) is 32.2 Å². The lowest BCUT2D eigenvalue weighted by atomic mass is 9.94. The SMILES string of the molecule is Cc1nc2ccccc2c(CCC2CC(C=O)N(C)C2)c1O. The summed E-state index contributed by atoms with van der Waals surface area (Å²) >= 11 is 0. The third kappa shape index (κ3) is 2.71. The van der Waals surface area contributed by atoms with Crippen molar-refractivity contribution in [3.05, 3.63) is 35.5 Å². The van der Waals surface area contributed by atoms with E-state index in [1.807, 2.05) is 38.2 Å². The van der Waals surface area contributed by atoms with Crippen molar-refractivity contribution < 1.29 is 9.90 Å². The van der Waals surface area contributed by atoms with Gasteiger partial charge >= 0.3 is 0 Å². The topological polar surface area (TPSA) is 53.4 Å². The predicted molar refractivity (Wildman–Crippen MR) is 87.1 cm³/mol. The number of hydrogen-bond donors (Lipinski definition) is 1. The van der Waals surface area contributed by atoms with Gasteiger partial charge in [-0.25, -0.2) is 4.98 Å². The average molecular weight is 298 g/mol. The Morgan fingerprint density at radius 1 is 1.41 bits per heavy atom. The molecule has 1 saturated heterocycles. The van der Waals surface area contributed by atoms with E-state index >= 15 is 0 Å². The molecule has 2 atom stereocenters. The highest BCUT2D eigenvalue weighted by molar-refractivity contribution is 5.84. The van der Waals surface area contributed by atoms with Crippen LogP contribution >= 0.6 is 0 Å². The number of aryl methyl sites for hydroxylation is 2. The molecule has 116 valence electrons. The first-order chi connectivity index (χ1) is 10.6. The molecule has 4 heteroatoms. The minimum absolute atomic E-state index is 0.0505. The molecule has 1 aliphatic rings. The Balaban J connectivity index is 1.82. The number of aldehydes is 1. The van der Waals surface area contributed by atoms with E-state index in [0.717, 1.165) is 48.6 Å². The van der Waals surface area contributed by atoms with Crippen LogP contribution < -0.4 is 0 Å². The molecular weight excluding hydrogens is 276 g/mol. The van der Waals surface area contributed by atoms with E-state index in [1.165, 1.54) is 0 Å². The number of likely N-dealkylation sites (N-methyl/N-ethyl adjacent to an activating group) is 1. The molecule has 0 spiro atoms. The van der Waals surface area contributed by atoms with Gasteiger partial charge in [-0.2, -0.15) is 0 Å². The molecule has 2 aromatic rings. The minimum atomic E-state index is 0.0505. The molecule has 3 rings (SSSR count). The fraction of sp³-hybridized carbons (Fsp3) is 0.444. The zero-order chi connectivity index (χ0) is 15.7. The van der Waals surface area contributed by atoms with Crippen molar-refractivity contribution in [2.75, 3.05) is 13.6 Å². The van der Waals surface area contributed by atoms with Gasteiger partial charge in [0.2, 0.25) is 0 Å². The summed E-state index contributed by atoms with van der Waals surface area (Å²) in [6.07, 6.45) is 3.77. The van der Waals surface area contributed by atoms with E-state index in [0.29, 0.717) is 17.4 Å². The third-order valence-electron chi connectivity index (χ3n) is 4.79. The molecule has 1 aromatic heterocycles. The van der Waals surface area contributed by atoms with Crippen molar-refractivity contribution in [3.63, 3.8) is 0 Å². The molecule has 22 heavy (non-hydrogen) atoms. The number of aromatic nitrogens is 1. The van der Waals surface area contributed by atoms with Gasteiger partial charge < -0.3 is 9.90 Å². The summed E-state index contributed by atoms with van der Waals surface area (Å²) in [7, 11) is 2.00. The summed E-state index contributed by atoms with van der Waals surface area (Å²) in [4.78, 5) is 17.6. The highest BCUT2D eigenvalue weighted by atomic mass is 16.3. The lowest BCUT2D eigenvalue weighted by Crippen LogP contribution is -2.25. The summed E-state index contributed by atoms with van der Waals surface area (Å²) in [6, 6.07) is 8.00. The largest absolute Gasteiger partial charge is 0.506 e. The van der Waals surface area contributed by atoms with Gasteiger partial charge in [0.15, 0.2) is 0 Å². The second kappa shape index (κ2) is 6.05. The Kier molecular flexibility index (Phi) is 4.12. The van der Waals surface area contributed by atoms with Gasteiger partial charge in [0.1, 0.15) is 12.0 Å². The van der Waals surface area contributed by atoms with Crippen LogP contribution in [-0.2, 0) is 11.2 Å². The average Bonchev–Trinajstić information content (AvgIpc) is 2.88. The van der Waals surface area contributed by atoms with E-state index in [1.54, 1.807) is 0 Å². The number of rotatable bonds is 4. The normalized spacial score (nSPS) is 22.3. The Morgan fingerprint density at radius 3 is 2.91 bits per heavy atom. The number of pyridine rings is 1. The molecule has 2 heterocycles. The first-order valence-electron chi connectivity index (χ1n) is 7.83. The molecule has 1 N–H and O–H groups in total. The number of carbonyl (C=O) groups is 1. The maximum absolute atomic E-state index is 11.0. The van der Waals surface area contributed by atoms with Crippen LogP contribution in [0.25, 0.3) is 10.9 Å². The summed E-state index contributed by atoms with van der Waals surface area (Å²) in [5, 5.41) is 11.4. The Bertz CT molecular complexity index is 699. The number of hydrogen-bond acceptors (Lipinski definition) is 4. The van der Waals surface area contributed by atoms with Gasteiger partial charge in [-0.05, 0) is 45.2 Å². The van der Waals surface area contributed by atoms with Crippen LogP contribution in [0.3, 0.4) is 0 Å². The highest BCUT2D eigenvalue weighted by Gasteiger charge is 2.29. The Hall–Kier alpha value is -1.94. The van der Waals surface area contributed by atoms with Crippen LogP contribution in [0.1, 0.15) is 24.1 Å². The van der Waals surface area contributed by atoms with Crippen molar-refractivity contribution in [1.82, 2.24) is 9.88 Å². The number of benzene rings is 1. The van der Waals surface area contributed by atoms with Crippen LogP contribution in [0.5, 0.6) is 5.75 Å². The van der Waals surface area contributed by atoms with E-state index in [2.05, 4.69) is 9.88 Å². The van der Waals surface area contributed by atoms with E-state index in [4.69, 9.17) is 0 Å². The minimum Gasteiger partial charge on any atom is -0.506 e. The fourth-order valence-corrected chi connectivity index (χ4v) is 3.51. The number of aromatic hydroxyl groups is 1. The van der Waals surface area contributed by atoms with Crippen molar-refractivity contribution in [1.29, 1.82) is 0 Å². The summed E-state index contributed by atoms with van der Waals surface area (Å²) in [5.74, 6) is 0.823. The molecule has 4 nitrogen and oxygen atoms in total. The molecular formula is C18H22N2O2. The van der Waals surface area contributed by atoms with Crippen LogP contribution in [0.15, 0.2) is 24.3 Å². The molecule has 0 bridgehead atoms. The molecule has 0 radical (unpaired) electrons. The zero-order valence-electron chi connectivity index (χ0n) is 13.1. The van der Waals surface area contributed by atoms with Gasteiger partial charge in [-0.3, -0.25) is 4.90 Å². The molecule has 1 fully saturated rings. The van der Waals surface area contributed by atoms with Gasteiger partial charge in [0.05, 0.1) is 17.3 Å². The van der Waals surface area contributed by atoms with Crippen LogP contribution in [0, 0.1) is 12.8 Å². The summed E-state index contributed by atoms with van der Waals surface area (Å²) in [6.45, 7) is 2.79. The monoisotopic (exact) mass is 298 g/mol. The number of carbonyl (C=O) groups excluding carboxylic acids is 1. The molecule has 0 saturated carbocycles.